The Balaban J connectivity index is 2.26. The van der Waals surface area contributed by atoms with Crippen LogP contribution in [0.15, 0.2) is 30.3 Å². The average Bonchev–Trinajstić information content (AvgIpc) is 2.44. The number of hydrogen-bond acceptors (Lipinski definition) is 4. The number of rotatable bonds is 8. The van der Waals surface area contributed by atoms with E-state index in [1.807, 2.05) is 18.2 Å². The number of benzene rings is 1. The summed E-state index contributed by atoms with van der Waals surface area (Å²) in [5.74, 6) is -1.12. The van der Waals surface area contributed by atoms with Crippen LogP contribution in [0.25, 0.3) is 0 Å². The highest BCUT2D eigenvalue weighted by molar-refractivity contribution is 8.23. The molecule has 0 bridgehead atoms. The zero-order valence-electron chi connectivity index (χ0n) is 11.9. The molecule has 4 nitrogen and oxygen atoms in total. The molecule has 1 atom stereocenters. The van der Waals surface area contributed by atoms with Crippen LogP contribution in [0, 0.1) is 0 Å². The van der Waals surface area contributed by atoms with E-state index in [1.165, 1.54) is 24.2 Å². The van der Waals surface area contributed by atoms with Gasteiger partial charge in [-0.2, -0.15) is 0 Å². The number of carboxylic acid groups (broad SMARTS) is 1. The normalized spacial score (nSPS) is 11.7. The van der Waals surface area contributed by atoms with E-state index in [9.17, 15) is 9.59 Å². The minimum absolute atomic E-state index is 0.263. The third-order valence-corrected chi connectivity index (χ3v) is 4.36. The van der Waals surface area contributed by atoms with Crippen LogP contribution in [0.5, 0.6) is 0 Å². The molecular formula is C15H19NO3S2. The van der Waals surface area contributed by atoms with Gasteiger partial charge in [-0.3, -0.25) is 4.79 Å². The van der Waals surface area contributed by atoms with Crippen molar-refractivity contribution in [1.82, 2.24) is 5.32 Å². The molecule has 0 fully saturated rings. The first-order valence-electron chi connectivity index (χ1n) is 6.68. The molecule has 1 unspecified atom stereocenters. The van der Waals surface area contributed by atoms with E-state index in [2.05, 4.69) is 17.4 Å². The highest BCUT2D eigenvalue weighted by Crippen LogP contribution is 2.14. The van der Waals surface area contributed by atoms with E-state index >= 15 is 0 Å². The Bertz CT molecular complexity index is 491. The number of aryl methyl sites for hydroxylation is 1. The van der Waals surface area contributed by atoms with Crippen molar-refractivity contribution >= 4 is 40.1 Å². The van der Waals surface area contributed by atoms with Gasteiger partial charge >= 0.3 is 5.97 Å². The highest BCUT2D eigenvalue weighted by atomic mass is 32.2. The first-order chi connectivity index (χ1) is 9.99. The number of thiocarbonyl (C=S) groups is 1. The molecule has 1 aromatic carbocycles. The van der Waals surface area contributed by atoms with Gasteiger partial charge in [0, 0.05) is 16.9 Å². The molecule has 0 aliphatic heterocycles. The summed E-state index contributed by atoms with van der Waals surface area (Å²) in [6, 6.07) is 9.26. The second-order valence-corrected chi connectivity index (χ2v) is 6.48. The first-order valence-corrected chi connectivity index (χ1v) is 8.08. The monoisotopic (exact) mass is 325 g/mol. The van der Waals surface area contributed by atoms with Gasteiger partial charge in [0.1, 0.15) is 6.04 Å². The summed E-state index contributed by atoms with van der Waals surface area (Å²) in [4.78, 5) is 21.9. The van der Waals surface area contributed by atoms with Gasteiger partial charge < -0.3 is 10.4 Å². The topological polar surface area (TPSA) is 66.4 Å². The van der Waals surface area contributed by atoms with Crippen LogP contribution in [0.2, 0.25) is 0 Å². The SMILES string of the molecule is CC(=O)NC(CSC(=S)CCCc1ccccc1)C(=O)O. The lowest BCUT2D eigenvalue weighted by Gasteiger charge is -2.13. The third kappa shape index (κ3) is 7.82. The number of hydrogen-bond donors (Lipinski definition) is 2. The van der Waals surface area contributed by atoms with Crippen LogP contribution >= 0.6 is 24.0 Å². The summed E-state index contributed by atoms with van der Waals surface area (Å²) in [7, 11) is 0. The smallest absolute Gasteiger partial charge is 0.327 e. The molecule has 2 N–H and O–H groups in total. The van der Waals surface area contributed by atoms with Crippen LogP contribution in [0.3, 0.4) is 0 Å². The molecule has 0 aromatic heterocycles. The Morgan fingerprint density at radius 2 is 2.00 bits per heavy atom. The van der Waals surface area contributed by atoms with Crippen LogP contribution < -0.4 is 5.32 Å². The lowest BCUT2D eigenvalue weighted by Crippen LogP contribution is -2.41. The number of amides is 1. The first kappa shape index (κ1) is 17.7. The summed E-state index contributed by atoms with van der Waals surface area (Å²) in [5.41, 5.74) is 1.27. The minimum atomic E-state index is -1.04. The molecule has 1 rings (SSSR count). The highest BCUT2D eigenvalue weighted by Gasteiger charge is 2.18. The van der Waals surface area contributed by atoms with E-state index in [4.69, 9.17) is 17.3 Å². The number of carbonyl (C=O) groups excluding carboxylic acids is 1. The summed E-state index contributed by atoms with van der Waals surface area (Å²) in [5, 5.41) is 11.4. The second-order valence-electron chi connectivity index (χ2n) is 4.61. The Hall–Kier alpha value is -1.40. The lowest BCUT2D eigenvalue weighted by atomic mass is 10.1. The molecule has 1 amide bonds. The number of carbonyl (C=O) groups is 2. The van der Waals surface area contributed by atoms with Gasteiger partial charge in [-0.05, 0) is 24.8 Å². The molecule has 0 saturated carbocycles. The number of carboxylic acids is 1. The van der Waals surface area contributed by atoms with E-state index in [0.29, 0.717) is 0 Å². The summed E-state index contributed by atoms with van der Waals surface area (Å²) >= 11 is 6.57. The van der Waals surface area contributed by atoms with E-state index in [1.54, 1.807) is 0 Å². The maximum absolute atomic E-state index is 11.0. The molecule has 1 aromatic rings. The number of nitrogens with one attached hydrogen (secondary N) is 1. The molecule has 0 aliphatic carbocycles. The summed E-state index contributed by atoms with van der Waals surface area (Å²) in [6.07, 6.45) is 2.66. The van der Waals surface area contributed by atoms with Gasteiger partial charge in [-0.15, -0.1) is 11.8 Å². The van der Waals surface area contributed by atoms with Crippen molar-refractivity contribution < 1.29 is 14.7 Å². The molecule has 21 heavy (non-hydrogen) atoms. The standard InChI is InChI=1S/C15H19NO3S2/c1-11(17)16-13(15(18)19)10-21-14(20)9-5-8-12-6-3-2-4-7-12/h2-4,6-7,13H,5,8-10H2,1H3,(H,16,17)(H,18,19). The fourth-order valence-corrected chi connectivity index (χ4v) is 2.97. The molecule has 0 radical (unpaired) electrons. The fourth-order valence-electron chi connectivity index (χ4n) is 1.75. The Labute approximate surface area is 134 Å². The van der Waals surface area contributed by atoms with Gasteiger partial charge in [0.25, 0.3) is 0 Å². The van der Waals surface area contributed by atoms with Crippen molar-refractivity contribution in [3.8, 4) is 0 Å². The van der Waals surface area contributed by atoms with E-state index in [-0.39, 0.29) is 11.7 Å². The maximum Gasteiger partial charge on any atom is 0.327 e. The van der Waals surface area contributed by atoms with Gasteiger partial charge in [-0.1, -0.05) is 42.5 Å². The van der Waals surface area contributed by atoms with E-state index in [0.717, 1.165) is 23.5 Å². The summed E-state index contributed by atoms with van der Waals surface area (Å²) < 4.78 is 0.780. The number of aliphatic carboxylic acids is 1. The number of thioether (sulfide) groups is 1. The average molecular weight is 325 g/mol. The predicted octanol–water partition coefficient (Wildman–Crippen LogP) is 2.66. The van der Waals surface area contributed by atoms with Crippen molar-refractivity contribution in [2.24, 2.45) is 0 Å². The van der Waals surface area contributed by atoms with Crippen LogP contribution in [0.4, 0.5) is 0 Å². The van der Waals surface area contributed by atoms with E-state index < -0.39 is 12.0 Å². The fraction of sp³-hybridized carbons (Fsp3) is 0.400. The van der Waals surface area contributed by atoms with Crippen LogP contribution in [-0.4, -0.2) is 33.0 Å². The van der Waals surface area contributed by atoms with Gasteiger partial charge in [0.15, 0.2) is 0 Å². The van der Waals surface area contributed by atoms with Crippen molar-refractivity contribution in [2.45, 2.75) is 32.2 Å². The predicted molar refractivity (Wildman–Crippen MR) is 89.7 cm³/mol. The molecule has 0 aliphatic rings. The second kappa shape index (κ2) is 9.52. The van der Waals surface area contributed by atoms with Gasteiger partial charge in [0.05, 0.1) is 0 Å². The third-order valence-electron chi connectivity index (χ3n) is 2.78. The Morgan fingerprint density at radius 1 is 1.33 bits per heavy atom. The zero-order chi connectivity index (χ0) is 15.7. The molecule has 0 heterocycles. The molecular weight excluding hydrogens is 306 g/mol. The van der Waals surface area contributed by atoms with Crippen molar-refractivity contribution in [1.29, 1.82) is 0 Å². The van der Waals surface area contributed by atoms with Crippen molar-refractivity contribution in [3.05, 3.63) is 35.9 Å². The van der Waals surface area contributed by atoms with Gasteiger partial charge in [-0.25, -0.2) is 4.79 Å². The Kier molecular flexibility index (Phi) is 8.00. The molecule has 0 spiro atoms. The van der Waals surface area contributed by atoms with Crippen molar-refractivity contribution in [2.75, 3.05) is 5.75 Å². The largest absolute Gasteiger partial charge is 0.480 e. The zero-order valence-corrected chi connectivity index (χ0v) is 13.5. The minimum Gasteiger partial charge on any atom is -0.480 e. The van der Waals surface area contributed by atoms with Gasteiger partial charge in [0.2, 0.25) is 5.91 Å². The van der Waals surface area contributed by atoms with Crippen LogP contribution in [-0.2, 0) is 16.0 Å². The quantitative estimate of drug-likeness (QED) is 0.719. The molecule has 6 heteroatoms. The maximum atomic E-state index is 11.0. The molecule has 0 saturated heterocycles. The van der Waals surface area contributed by atoms with Crippen LogP contribution in [0.1, 0.15) is 25.3 Å². The lowest BCUT2D eigenvalue weighted by molar-refractivity contribution is -0.140. The molecule has 114 valence electrons. The van der Waals surface area contributed by atoms with Crippen molar-refractivity contribution in [3.63, 3.8) is 0 Å². The summed E-state index contributed by atoms with van der Waals surface area (Å²) in [6.45, 7) is 1.30. The Morgan fingerprint density at radius 3 is 2.57 bits per heavy atom.